The maximum absolute atomic E-state index is 4.20. The second-order valence-corrected chi connectivity index (χ2v) is 4.10. The molecule has 1 unspecified atom stereocenters. The summed E-state index contributed by atoms with van der Waals surface area (Å²) in [4.78, 5) is 11.3. The highest BCUT2D eigenvalue weighted by molar-refractivity contribution is 5.13. The Labute approximate surface area is 102 Å². The van der Waals surface area contributed by atoms with Gasteiger partial charge in [-0.25, -0.2) is 4.98 Å². The number of nitrogens with zero attached hydrogens (tertiary/aromatic N) is 2. The number of nitrogens with one attached hydrogen (secondary N) is 2. The van der Waals surface area contributed by atoms with Crippen LogP contribution in [0.3, 0.4) is 0 Å². The number of imidazole rings is 1. The minimum absolute atomic E-state index is 0.370. The SMILES string of the molecule is CC(NCCCc1ncc[nH]1)c1ccncc1. The summed E-state index contributed by atoms with van der Waals surface area (Å²) in [5, 5.41) is 3.49. The Hall–Kier alpha value is -1.68. The van der Waals surface area contributed by atoms with Crippen LogP contribution in [0.4, 0.5) is 0 Å². The minimum atomic E-state index is 0.370. The molecule has 2 rings (SSSR count). The van der Waals surface area contributed by atoms with E-state index in [4.69, 9.17) is 0 Å². The van der Waals surface area contributed by atoms with Gasteiger partial charge in [-0.05, 0) is 37.6 Å². The zero-order chi connectivity index (χ0) is 11.9. The molecule has 0 spiro atoms. The first kappa shape index (κ1) is 11.8. The second kappa shape index (κ2) is 6.15. The number of rotatable bonds is 6. The van der Waals surface area contributed by atoms with Crippen LogP contribution in [0, 0.1) is 0 Å². The minimum Gasteiger partial charge on any atom is -0.349 e. The second-order valence-electron chi connectivity index (χ2n) is 4.10. The van der Waals surface area contributed by atoms with Crippen molar-refractivity contribution < 1.29 is 0 Å². The van der Waals surface area contributed by atoms with Crippen molar-refractivity contribution in [3.05, 3.63) is 48.3 Å². The van der Waals surface area contributed by atoms with Crippen LogP contribution in [0.5, 0.6) is 0 Å². The highest BCUT2D eigenvalue weighted by atomic mass is 14.9. The fraction of sp³-hybridized carbons (Fsp3) is 0.385. The maximum Gasteiger partial charge on any atom is 0.106 e. The van der Waals surface area contributed by atoms with Crippen molar-refractivity contribution in [3.63, 3.8) is 0 Å². The van der Waals surface area contributed by atoms with Gasteiger partial charge in [-0.1, -0.05) is 0 Å². The zero-order valence-corrected chi connectivity index (χ0v) is 10.1. The van der Waals surface area contributed by atoms with Gasteiger partial charge in [0, 0.05) is 37.3 Å². The van der Waals surface area contributed by atoms with Gasteiger partial charge in [-0.15, -0.1) is 0 Å². The third kappa shape index (κ3) is 3.67. The van der Waals surface area contributed by atoms with Crippen LogP contribution in [0.15, 0.2) is 36.9 Å². The normalized spacial score (nSPS) is 12.5. The number of hydrogen-bond acceptors (Lipinski definition) is 3. The average molecular weight is 230 g/mol. The van der Waals surface area contributed by atoms with Gasteiger partial charge in [0.15, 0.2) is 0 Å². The molecule has 0 aliphatic carbocycles. The Bertz CT molecular complexity index is 410. The van der Waals surface area contributed by atoms with E-state index < -0.39 is 0 Å². The van der Waals surface area contributed by atoms with Crippen LogP contribution in [0.1, 0.15) is 30.8 Å². The van der Waals surface area contributed by atoms with Crippen molar-refractivity contribution in [1.82, 2.24) is 20.3 Å². The first-order valence-electron chi connectivity index (χ1n) is 5.98. The van der Waals surface area contributed by atoms with Crippen molar-refractivity contribution in [3.8, 4) is 0 Å². The number of H-pyrrole nitrogens is 1. The molecule has 0 aliphatic heterocycles. The lowest BCUT2D eigenvalue weighted by molar-refractivity contribution is 0.554. The van der Waals surface area contributed by atoms with E-state index in [1.54, 1.807) is 6.20 Å². The molecule has 0 amide bonds. The lowest BCUT2D eigenvalue weighted by Gasteiger charge is -2.13. The highest BCUT2D eigenvalue weighted by Crippen LogP contribution is 2.09. The zero-order valence-electron chi connectivity index (χ0n) is 10.1. The number of aromatic nitrogens is 3. The predicted octanol–water partition coefficient (Wildman–Crippen LogP) is 2.09. The summed E-state index contributed by atoms with van der Waals surface area (Å²) in [5.41, 5.74) is 1.28. The lowest BCUT2D eigenvalue weighted by atomic mass is 10.1. The van der Waals surface area contributed by atoms with Crippen LogP contribution >= 0.6 is 0 Å². The molecule has 2 N–H and O–H groups in total. The van der Waals surface area contributed by atoms with Crippen molar-refractivity contribution in [2.24, 2.45) is 0 Å². The van der Waals surface area contributed by atoms with E-state index in [-0.39, 0.29) is 0 Å². The molecule has 2 aromatic rings. The van der Waals surface area contributed by atoms with E-state index in [0.29, 0.717) is 6.04 Å². The van der Waals surface area contributed by atoms with E-state index in [0.717, 1.165) is 25.2 Å². The van der Waals surface area contributed by atoms with Crippen LogP contribution in [-0.4, -0.2) is 21.5 Å². The van der Waals surface area contributed by atoms with E-state index in [2.05, 4.69) is 27.2 Å². The highest BCUT2D eigenvalue weighted by Gasteiger charge is 2.03. The van der Waals surface area contributed by atoms with Crippen molar-refractivity contribution in [2.45, 2.75) is 25.8 Å². The Morgan fingerprint density at radius 3 is 2.82 bits per heavy atom. The van der Waals surface area contributed by atoms with Gasteiger partial charge in [0.25, 0.3) is 0 Å². The third-order valence-corrected chi connectivity index (χ3v) is 2.80. The molecule has 0 radical (unpaired) electrons. The summed E-state index contributed by atoms with van der Waals surface area (Å²) >= 11 is 0. The molecule has 17 heavy (non-hydrogen) atoms. The third-order valence-electron chi connectivity index (χ3n) is 2.80. The summed E-state index contributed by atoms with van der Waals surface area (Å²) in [6, 6.07) is 4.46. The molecular formula is C13H18N4. The number of aromatic amines is 1. The number of aryl methyl sites for hydroxylation is 1. The van der Waals surface area contributed by atoms with Crippen molar-refractivity contribution in [2.75, 3.05) is 6.54 Å². The lowest BCUT2D eigenvalue weighted by Crippen LogP contribution is -2.20. The monoisotopic (exact) mass is 230 g/mol. The molecule has 4 heteroatoms. The molecule has 2 aromatic heterocycles. The fourth-order valence-electron chi connectivity index (χ4n) is 1.78. The average Bonchev–Trinajstić information content (AvgIpc) is 2.88. The molecule has 0 saturated heterocycles. The first-order chi connectivity index (χ1) is 8.36. The molecule has 2 heterocycles. The largest absolute Gasteiger partial charge is 0.349 e. The van der Waals surface area contributed by atoms with Crippen LogP contribution in [-0.2, 0) is 6.42 Å². The van der Waals surface area contributed by atoms with Gasteiger partial charge in [0.2, 0.25) is 0 Å². The van der Waals surface area contributed by atoms with Gasteiger partial charge < -0.3 is 10.3 Å². The van der Waals surface area contributed by atoms with Gasteiger partial charge in [-0.3, -0.25) is 4.98 Å². The molecular weight excluding hydrogens is 212 g/mol. The van der Waals surface area contributed by atoms with Gasteiger partial charge in [0.1, 0.15) is 5.82 Å². The van der Waals surface area contributed by atoms with E-state index in [9.17, 15) is 0 Å². The number of hydrogen-bond donors (Lipinski definition) is 2. The Balaban J connectivity index is 1.68. The summed E-state index contributed by atoms with van der Waals surface area (Å²) in [6.07, 6.45) is 9.39. The molecule has 0 aliphatic rings. The van der Waals surface area contributed by atoms with Crippen molar-refractivity contribution >= 4 is 0 Å². The quantitative estimate of drug-likeness (QED) is 0.747. The summed E-state index contributed by atoms with van der Waals surface area (Å²) in [6.45, 7) is 3.16. The van der Waals surface area contributed by atoms with E-state index in [1.165, 1.54) is 5.56 Å². The summed E-state index contributed by atoms with van der Waals surface area (Å²) in [7, 11) is 0. The topological polar surface area (TPSA) is 53.6 Å². The Morgan fingerprint density at radius 2 is 2.12 bits per heavy atom. The molecule has 0 aromatic carbocycles. The summed E-state index contributed by atoms with van der Waals surface area (Å²) in [5.74, 6) is 1.06. The van der Waals surface area contributed by atoms with Crippen LogP contribution in [0.2, 0.25) is 0 Å². The van der Waals surface area contributed by atoms with E-state index >= 15 is 0 Å². The van der Waals surface area contributed by atoms with Crippen LogP contribution in [0.25, 0.3) is 0 Å². The molecule has 0 bridgehead atoms. The fourth-order valence-corrected chi connectivity index (χ4v) is 1.78. The van der Waals surface area contributed by atoms with Gasteiger partial charge in [0.05, 0.1) is 0 Å². The smallest absolute Gasteiger partial charge is 0.106 e. The maximum atomic E-state index is 4.20. The molecule has 0 fully saturated rings. The van der Waals surface area contributed by atoms with Gasteiger partial charge >= 0.3 is 0 Å². The molecule has 4 nitrogen and oxygen atoms in total. The molecule has 0 saturated carbocycles. The molecule has 1 atom stereocenters. The number of pyridine rings is 1. The summed E-state index contributed by atoms with van der Waals surface area (Å²) < 4.78 is 0. The standard InChI is InChI=1S/C13H18N4/c1-11(12-4-7-14-8-5-12)15-6-2-3-13-16-9-10-17-13/h4-5,7-11,15H,2-3,6H2,1H3,(H,16,17). The van der Waals surface area contributed by atoms with E-state index in [1.807, 2.05) is 30.7 Å². The first-order valence-corrected chi connectivity index (χ1v) is 5.98. The Kier molecular flexibility index (Phi) is 4.27. The molecule has 90 valence electrons. The van der Waals surface area contributed by atoms with Gasteiger partial charge in [-0.2, -0.15) is 0 Å². The predicted molar refractivity (Wildman–Crippen MR) is 67.6 cm³/mol. The Morgan fingerprint density at radius 1 is 1.29 bits per heavy atom. The van der Waals surface area contributed by atoms with Crippen molar-refractivity contribution in [1.29, 1.82) is 0 Å². The van der Waals surface area contributed by atoms with Crippen LogP contribution < -0.4 is 5.32 Å².